The Morgan fingerprint density at radius 3 is 2.64 bits per heavy atom. The number of rotatable bonds is 4. The number of hydrogen-bond donors (Lipinski definition) is 1. The molecule has 0 saturated heterocycles. The summed E-state index contributed by atoms with van der Waals surface area (Å²) in [7, 11) is -3.59. The zero-order chi connectivity index (χ0) is 16.3. The van der Waals surface area contributed by atoms with Gasteiger partial charge in [-0.25, -0.2) is 12.8 Å². The first-order chi connectivity index (χ1) is 10.3. The van der Waals surface area contributed by atoms with E-state index in [1.165, 1.54) is 18.2 Å². The fraction of sp³-hybridized carbons (Fsp3) is 0.438. The van der Waals surface area contributed by atoms with Crippen LogP contribution in [0.15, 0.2) is 35.2 Å². The van der Waals surface area contributed by atoms with Gasteiger partial charge in [-0.3, -0.25) is 4.79 Å². The summed E-state index contributed by atoms with van der Waals surface area (Å²) in [5.41, 5.74) is 0.546. The maximum absolute atomic E-state index is 13.9. The molecule has 0 spiro atoms. The monoisotopic (exact) mass is 325 g/mol. The molecule has 0 fully saturated rings. The highest BCUT2D eigenvalue weighted by atomic mass is 32.2. The lowest BCUT2D eigenvalue weighted by Gasteiger charge is -2.21. The van der Waals surface area contributed by atoms with Crippen molar-refractivity contribution in [3.8, 4) is 0 Å². The van der Waals surface area contributed by atoms with Gasteiger partial charge < -0.3 is 5.32 Å². The number of hydrogen-bond acceptors (Lipinski definition) is 3. The maximum Gasteiger partial charge on any atom is 0.223 e. The second-order valence-corrected chi connectivity index (χ2v) is 7.66. The molecular weight excluding hydrogens is 305 g/mol. The number of halogens is 1. The summed E-state index contributed by atoms with van der Waals surface area (Å²) in [6, 6.07) is 3.57. The van der Waals surface area contributed by atoms with Crippen LogP contribution in [0.5, 0.6) is 0 Å². The van der Waals surface area contributed by atoms with Crippen molar-refractivity contribution in [3.05, 3.63) is 41.7 Å². The van der Waals surface area contributed by atoms with Crippen molar-refractivity contribution in [2.45, 2.75) is 37.1 Å². The number of benzene rings is 1. The first kappa shape index (κ1) is 16.7. The second kappa shape index (κ2) is 6.60. The molecule has 1 aliphatic carbocycles. The fourth-order valence-electron chi connectivity index (χ4n) is 2.53. The van der Waals surface area contributed by atoms with Crippen LogP contribution in [0.3, 0.4) is 0 Å². The van der Waals surface area contributed by atoms with Crippen molar-refractivity contribution in [3.63, 3.8) is 0 Å². The summed E-state index contributed by atoms with van der Waals surface area (Å²) in [5.74, 6) is -0.890. The predicted molar refractivity (Wildman–Crippen MR) is 82.5 cm³/mol. The number of allylic oxidation sites excluding steroid dienone is 2. The molecule has 1 aromatic rings. The van der Waals surface area contributed by atoms with E-state index in [2.05, 4.69) is 11.4 Å². The second-order valence-electron chi connectivity index (χ2n) is 5.67. The van der Waals surface area contributed by atoms with Gasteiger partial charge in [0.1, 0.15) is 10.7 Å². The average Bonchev–Trinajstić information content (AvgIpc) is 2.46. The molecule has 6 heteroatoms. The molecule has 1 aliphatic rings. The van der Waals surface area contributed by atoms with E-state index >= 15 is 0 Å². The Labute approximate surface area is 130 Å². The maximum atomic E-state index is 13.9. The van der Waals surface area contributed by atoms with Crippen LogP contribution < -0.4 is 5.32 Å². The molecule has 1 amide bonds. The molecule has 120 valence electrons. The van der Waals surface area contributed by atoms with Gasteiger partial charge in [0, 0.05) is 12.2 Å². The van der Waals surface area contributed by atoms with Crippen LogP contribution in [-0.4, -0.2) is 20.6 Å². The summed E-state index contributed by atoms with van der Waals surface area (Å²) in [6.07, 6.45) is 7.46. The van der Waals surface area contributed by atoms with Gasteiger partial charge in [0.05, 0.1) is 6.04 Å². The molecule has 1 N–H and O–H groups in total. The van der Waals surface area contributed by atoms with Crippen LogP contribution in [0.4, 0.5) is 4.39 Å². The van der Waals surface area contributed by atoms with E-state index in [0.717, 1.165) is 25.5 Å². The van der Waals surface area contributed by atoms with Crippen molar-refractivity contribution >= 4 is 15.7 Å². The minimum atomic E-state index is -3.59. The van der Waals surface area contributed by atoms with Gasteiger partial charge in [-0.2, -0.15) is 0 Å². The van der Waals surface area contributed by atoms with E-state index in [1.807, 2.05) is 6.08 Å². The fourth-order valence-corrected chi connectivity index (χ4v) is 3.26. The van der Waals surface area contributed by atoms with E-state index in [1.54, 1.807) is 6.92 Å². The zero-order valence-electron chi connectivity index (χ0n) is 12.7. The molecule has 2 atom stereocenters. The Kier molecular flexibility index (Phi) is 5.01. The number of sulfone groups is 1. The third-order valence-electron chi connectivity index (χ3n) is 3.85. The molecule has 0 unspecified atom stereocenters. The Morgan fingerprint density at radius 2 is 2.09 bits per heavy atom. The standard InChI is InChI=1S/C16H20FNO3S/c1-11(18-16(19)12-6-4-3-5-7-12)13-8-9-15(14(17)10-13)22(2,20)21/h3-4,8-12H,5-7H2,1-2H3,(H,18,19)/t11-,12+/m0/s1. The number of nitrogens with one attached hydrogen (secondary N) is 1. The molecular formula is C16H20FNO3S. The predicted octanol–water partition coefficient (Wildman–Crippen LogP) is 2.76. The third kappa shape index (κ3) is 3.94. The number of carbonyl (C=O) groups excluding carboxylic acids is 1. The van der Waals surface area contributed by atoms with Crippen molar-refractivity contribution < 1.29 is 17.6 Å². The van der Waals surface area contributed by atoms with Crippen LogP contribution in [0.25, 0.3) is 0 Å². The highest BCUT2D eigenvalue weighted by Gasteiger charge is 2.21. The topological polar surface area (TPSA) is 63.2 Å². The molecule has 0 radical (unpaired) electrons. The Balaban J connectivity index is 2.09. The SMILES string of the molecule is C[C@H](NC(=O)[C@@H]1CC=CCC1)c1ccc(S(C)(=O)=O)c(F)c1. The molecule has 0 aromatic heterocycles. The lowest BCUT2D eigenvalue weighted by atomic mass is 9.93. The molecule has 0 saturated carbocycles. The summed E-state index contributed by atoms with van der Waals surface area (Å²) < 4.78 is 36.7. The summed E-state index contributed by atoms with van der Waals surface area (Å²) >= 11 is 0. The van der Waals surface area contributed by atoms with Crippen molar-refractivity contribution in [2.75, 3.05) is 6.26 Å². The molecule has 2 rings (SSSR count). The molecule has 0 bridgehead atoms. The van der Waals surface area contributed by atoms with E-state index < -0.39 is 15.7 Å². The quantitative estimate of drug-likeness (QED) is 0.866. The third-order valence-corrected chi connectivity index (χ3v) is 4.98. The van der Waals surface area contributed by atoms with Gasteiger partial charge in [0.25, 0.3) is 0 Å². The molecule has 22 heavy (non-hydrogen) atoms. The van der Waals surface area contributed by atoms with Crippen molar-refractivity contribution in [1.82, 2.24) is 5.32 Å². The van der Waals surface area contributed by atoms with E-state index in [4.69, 9.17) is 0 Å². The Hall–Kier alpha value is -1.69. The van der Waals surface area contributed by atoms with E-state index in [9.17, 15) is 17.6 Å². The molecule has 4 nitrogen and oxygen atoms in total. The summed E-state index contributed by atoms with van der Waals surface area (Å²) in [5, 5.41) is 2.86. The lowest BCUT2D eigenvalue weighted by Crippen LogP contribution is -2.33. The normalized spacial score (nSPS) is 19.7. The van der Waals surface area contributed by atoms with Crippen molar-refractivity contribution in [2.24, 2.45) is 5.92 Å². The van der Waals surface area contributed by atoms with Gasteiger partial charge >= 0.3 is 0 Å². The van der Waals surface area contributed by atoms with Crippen LogP contribution >= 0.6 is 0 Å². The van der Waals surface area contributed by atoms with Crippen LogP contribution in [0, 0.1) is 11.7 Å². The number of amides is 1. The summed E-state index contributed by atoms with van der Waals surface area (Å²) in [4.78, 5) is 11.8. The van der Waals surface area contributed by atoms with Gasteiger partial charge in [0.15, 0.2) is 9.84 Å². The van der Waals surface area contributed by atoms with Crippen LogP contribution in [-0.2, 0) is 14.6 Å². The van der Waals surface area contributed by atoms with Gasteiger partial charge in [-0.1, -0.05) is 18.2 Å². The molecule has 0 aliphatic heterocycles. The minimum absolute atomic E-state index is 0.0485. The van der Waals surface area contributed by atoms with Gasteiger partial charge in [0.2, 0.25) is 5.91 Å². The first-order valence-corrected chi connectivity index (χ1v) is 9.13. The molecule has 0 heterocycles. The smallest absolute Gasteiger partial charge is 0.223 e. The average molecular weight is 325 g/mol. The highest BCUT2D eigenvalue weighted by molar-refractivity contribution is 7.90. The van der Waals surface area contributed by atoms with E-state index in [0.29, 0.717) is 5.56 Å². The van der Waals surface area contributed by atoms with Gasteiger partial charge in [-0.05, 0) is 43.9 Å². The van der Waals surface area contributed by atoms with Crippen molar-refractivity contribution in [1.29, 1.82) is 0 Å². The largest absolute Gasteiger partial charge is 0.349 e. The Bertz CT molecular complexity index is 697. The highest BCUT2D eigenvalue weighted by Crippen LogP contribution is 2.22. The molecule has 1 aromatic carbocycles. The lowest BCUT2D eigenvalue weighted by molar-refractivity contribution is -0.125. The Morgan fingerprint density at radius 1 is 1.36 bits per heavy atom. The minimum Gasteiger partial charge on any atom is -0.349 e. The number of carbonyl (C=O) groups is 1. The van der Waals surface area contributed by atoms with E-state index in [-0.39, 0.29) is 22.8 Å². The van der Waals surface area contributed by atoms with Gasteiger partial charge in [-0.15, -0.1) is 0 Å². The van der Waals surface area contributed by atoms with Crippen LogP contribution in [0.1, 0.15) is 37.8 Å². The van der Waals surface area contributed by atoms with Crippen LogP contribution in [0.2, 0.25) is 0 Å². The zero-order valence-corrected chi connectivity index (χ0v) is 13.5. The summed E-state index contributed by atoms with van der Waals surface area (Å²) in [6.45, 7) is 1.76. The first-order valence-electron chi connectivity index (χ1n) is 7.24.